The number of nitrogens with one attached hydrogen (secondary N) is 1. The topological polar surface area (TPSA) is 86.6 Å². The first kappa shape index (κ1) is 17.8. The molecule has 3 N–H and O–H groups in total. The zero-order chi connectivity index (χ0) is 15.9. The highest BCUT2D eigenvalue weighted by Gasteiger charge is 2.24. The molecule has 1 aromatic rings. The van der Waals surface area contributed by atoms with Crippen molar-refractivity contribution in [2.24, 2.45) is 0 Å². The van der Waals surface area contributed by atoms with Gasteiger partial charge in [-0.25, -0.2) is 0 Å². The SMILES string of the molecule is CC(O)(CNC(=O)CCSc1ccc(Cl)cc1)CC(=O)O. The molecule has 0 radical (unpaired) electrons. The Morgan fingerprint density at radius 1 is 1.33 bits per heavy atom. The summed E-state index contributed by atoms with van der Waals surface area (Å²) < 4.78 is 0. The number of aliphatic carboxylic acids is 1. The van der Waals surface area contributed by atoms with E-state index in [-0.39, 0.29) is 18.9 Å². The number of amides is 1. The first-order chi connectivity index (χ1) is 9.78. The van der Waals surface area contributed by atoms with Crippen molar-refractivity contribution in [2.45, 2.75) is 30.3 Å². The van der Waals surface area contributed by atoms with E-state index in [2.05, 4.69) is 5.32 Å². The number of aliphatic hydroxyl groups is 1. The lowest BCUT2D eigenvalue weighted by molar-refractivity contribution is -0.142. The second kappa shape index (κ2) is 8.26. The van der Waals surface area contributed by atoms with Crippen LogP contribution in [0.15, 0.2) is 29.2 Å². The van der Waals surface area contributed by atoms with E-state index < -0.39 is 18.0 Å². The molecule has 0 fully saturated rings. The Hall–Kier alpha value is -1.24. The molecule has 116 valence electrons. The van der Waals surface area contributed by atoms with Gasteiger partial charge >= 0.3 is 5.97 Å². The highest BCUT2D eigenvalue weighted by Crippen LogP contribution is 2.20. The number of carboxylic acids is 1. The summed E-state index contributed by atoms with van der Waals surface area (Å²) in [5.41, 5.74) is -1.44. The number of hydrogen-bond acceptors (Lipinski definition) is 4. The third kappa shape index (κ3) is 7.94. The maximum absolute atomic E-state index is 11.6. The van der Waals surface area contributed by atoms with Crippen LogP contribution in [-0.4, -0.2) is 40.0 Å². The molecular weight excluding hydrogens is 314 g/mol. The van der Waals surface area contributed by atoms with E-state index in [0.717, 1.165) is 4.90 Å². The number of carbonyl (C=O) groups excluding carboxylic acids is 1. The van der Waals surface area contributed by atoms with E-state index in [4.69, 9.17) is 16.7 Å². The van der Waals surface area contributed by atoms with Gasteiger partial charge in [0.25, 0.3) is 0 Å². The second-order valence-corrected chi connectivity index (χ2v) is 6.50. The predicted molar refractivity (Wildman–Crippen MR) is 82.7 cm³/mol. The highest BCUT2D eigenvalue weighted by atomic mass is 35.5. The monoisotopic (exact) mass is 331 g/mol. The standard InChI is InChI=1S/C14H18ClNO4S/c1-14(20,8-13(18)19)9-16-12(17)6-7-21-11-4-2-10(15)3-5-11/h2-5,20H,6-9H2,1H3,(H,16,17)(H,18,19). The Bertz CT molecular complexity index is 490. The predicted octanol–water partition coefficient (Wildman–Crippen LogP) is 2.16. The molecule has 21 heavy (non-hydrogen) atoms. The Morgan fingerprint density at radius 2 is 1.95 bits per heavy atom. The quantitative estimate of drug-likeness (QED) is 0.635. The summed E-state index contributed by atoms with van der Waals surface area (Å²) in [5, 5.41) is 21.6. The molecule has 0 aliphatic heterocycles. The van der Waals surface area contributed by atoms with Crippen molar-refractivity contribution >= 4 is 35.2 Å². The molecule has 0 aliphatic rings. The summed E-state index contributed by atoms with van der Waals surface area (Å²) in [4.78, 5) is 23.2. The number of carboxylic acid groups (broad SMARTS) is 1. The highest BCUT2D eigenvalue weighted by molar-refractivity contribution is 7.99. The minimum Gasteiger partial charge on any atom is -0.481 e. The van der Waals surface area contributed by atoms with Crippen LogP contribution in [0, 0.1) is 0 Å². The molecule has 7 heteroatoms. The maximum atomic E-state index is 11.6. The van der Waals surface area contributed by atoms with Crippen molar-refractivity contribution in [1.82, 2.24) is 5.32 Å². The molecule has 0 saturated heterocycles. The number of halogens is 1. The maximum Gasteiger partial charge on any atom is 0.306 e. The average Bonchev–Trinajstić information content (AvgIpc) is 2.37. The van der Waals surface area contributed by atoms with Gasteiger partial charge in [-0.05, 0) is 31.2 Å². The average molecular weight is 332 g/mol. The van der Waals surface area contributed by atoms with Crippen LogP contribution in [0.4, 0.5) is 0 Å². The van der Waals surface area contributed by atoms with Crippen molar-refractivity contribution in [3.8, 4) is 0 Å². The van der Waals surface area contributed by atoms with Crippen LogP contribution in [-0.2, 0) is 9.59 Å². The lowest BCUT2D eigenvalue weighted by Crippen LogP contribution is -2.42. The molecule has 1 atom stereocenters. The minimum absolute atomic E-state index is 0.0796. The van der Waals surface area contributed by atoms with Gasteiger partial charge in [-0.2, -0.15) is 0 Å². The first-order valence-corrected chi connectivity index (χ1v) is 7.74. The van der Waals surface area contributed by atoms with Crippen molar-refractivity contribution in [2.75, 3.05) is 12.3 Å². The smallest absolute Gasteiger partial charge is 0.306 e. The Morgan fingerprint density at radius 3 is 2.52 bits per heavy atom. The molecule has 0 bridgehead atoms. The lowest BCUT2D eigenvalue weighted by atomic mass is 10.0. The molecule has 1 aromatic carbocycles. The Labute approximate surface area is 132 Å². The van der Waals surface area contributed by atoms with E-state index in [1.807, 2.05) is 12.1 Å². The van der Waals surface area contributed by atoms with Gasteiger partial charge in [0.05, 0.1) is 12.0 Å². The molecule has 1 unspecified atom stereocenters. The normalized spacial score (nSPS) is 13.5. The molecule has 0 spiro atoms. The third-order valence-corrected chi connectivity index (χ3v) is 3.88. The van der Waals surface area contributed by atoms with Gasteiger partial charge in [-0.3, -0.25) is 9.59 Å². The van der Waals surface area contributed by atoms with Gasteiger partial charge in [0, 0.05) is 28.6 Å². The largest absolute Gasteiger partial charge is 0.481 e. The molecule has 0 aromatic heterocycles. The lowest BCUT2D eigenvalue weighted by Gasteiger charge is -2.21. The summed E-state index contributed by atoms with van der Waals surface area (Å²) in [5.74, 6) is -0.733. The van der Waals surface area contributed by atoms with E-state index in [9.17, 15) is 14.7 Å². The van der Waals surface area contributed by atoms with Crippen molar-refractivity contribution < 1.29 is 19.8 Å². The summed E-state index contributed by atoms with van der Waals surface area (Å²) >= 11 is 7.30. The van der Waals surface area contributed by atoms with E-state index in [1.54, 1.807) is 12.1 Å². The summed E-state index contributed by atoms with van der Waals surface area (Å²) in [6.07, 6.45) is -0.122. The number of rotatable bonds is 8. The molecule has 0 aliphatic carbocycles. The van der Waals surface area contributed by atoms with Gasteiger partial charge in [0.15, 0.2) is 0 Å². The van der Waals surface area contributed by atoms with Gasteiger partial charge in [0.2, 0.25) is 5.91 Å². The molecule has 5 nitrogen and oxygen atoms in total. The molecule has 0 saturated carbocycles. The van der Waals surface area contributed by atoms with Gasteiger partial charge in [-0.1, -0.05) is 11.6 Å². The van der Waals surface area contributed by atoms with Gasteiger partial charge < -0.3 is 15.5 Å². The first-order valence-electron chi connectivity index (χ1n) is 6.38. The summed E-state index contributed by atoms with van der Waals surface area (Å²) in [6, 6.07) is 7.32. The van der Waals surface area contributed by atoms with Crippen LogP contribution in [0.25, 0.3) is 0 Å². The van der Waals surface area contributed by atoms with Crippen molar-refractivity contribution in [3.05, 3.63) is 29.3 Å². The fourth-order valence-corrected chi connectivity index (χ4v) is 2.54. The Kier molecular flexibility index (Phi) is 7.01. The van der Waals surface area contributed by atoms with E-state index >= 15 is 0 Å². The summed E-state index contributed by atoms with van der Waals surface area (Å²) in [6.45, 7) is 1.30. The second-order valence-electron chi connectivity index (χ2n) is 4.90. The third-order valence-electron chi connectivity index (χ3n) is 2.61. The number of hydrogen-bond donors (Lipinski definition) is 3. The van der Waals surface area contributed by atoms with Crippen molar-refractivity contribution in [3.63, 3.8) is 0 Å². The molecular formula is C14H18ClNO4S. The molecule has 0 heterocycles. The number of benzene rings is 1. The Balaban J connectivity index is 2.25. The number of carbonyl (C=O) groups is 2. The summed E-state index contributed by atoms with van der Waals surface area (Å²) in [7, 11) is 0. The van der Waals surface area contributed by atoms with Gasteiger partial charge in [0.1, 0.15) is 0 Å². The van der Waals surface area contributed by atoms with Crippen LogP contribution in [0.2, 0.25) is 5.02 Å². The molecule has 1 rings (SSSR count). The van der Waals surface area contributed by atoms with E-state index in [1.165, 1.54) is 18.7 Å². The van der Waals surface area contributed by atoms with Crippen LogP contribution in [0.5, 0.6) is 0 Å². The number of thioether (sulfide) groups is 1. The minimum atomic E-state index is -1.44. The zero-order valence-corrected chi connectivity index (χ0v) is 13.2. The van der Waals surface area contributed by atoms with Crippen LogP contribution in [0.3, 0.4) is 0 Å². The van der Waals surface area contributed by atoms with Crippen LogP contribution < -0.4 is 5.32 Å². The van der Waals surface area contributed by atoms with Crippen molar-refractivity contribution in [1.29, 1.82) is 0 Å². The molecule has 1 amide bonds. The fraction of sp³-hybridized carbons (Fsp3) is 0.429. The van der Waals surface area contributed by atoms with Gasteiger partial charge in [-0.15, -0.1) is 11.8 Å². The van der Waals surface area contributed by atoms with Crippen LogP contribution in [0.1, 0.15) is 19.8 Å². The fourth-order valence-electron chi connectivity index (χ4n) is 1.56. The van der Waals surface area contributed by atoms with Crippen LogP contribution >= 0.6 is 23.4 Å². The van der Waals surface area contributed by atoms with E-state index in [0.29, 0.717) is 10.8 Å². The zero-order valence-electron chi connectivity index (χ0n) is 11.6.